The third kappa shape index (κ3) is 3.94. The molecule has 3 rings (SSSR count). The van der Waals surface area contributed by atoms with Crippen molar-refractivity contribution in [1.82, 2.24) is 0 Å². The van der Waals surface area contributed by atoms with E-state index in [2.05, 4.69) is 15.9 Å². The van der Waals surface area contributed by atoms with E-state index in [4.69, 9.17) is 14.2 Å². The minimum Gasteiger partial charge on any atom is -0.449 e. The van der Waals surface area contributed by atoms with Crippen LogP contribution in [0, 0.1) is 6.92 Å². The zero-order valence-electron chi connectivity index (χ0n) is 13.8. The van der Waals surface area contributed by atoms with E-state index in [1.54, 1.807) is 61.5 Å². The van der Waals surface area contributed by atoms with E-state index in [0.717, 1.165) is 0 Å². The van der Waals surface area contributed by atoms with Crippen molar-refractivity contribution in [2.45, 2.75) is 30.5 Å². The second kappa shape index (κ2) is 7.97. The van der Waals surface area contributed by atoms with Gasteiger partial charge in [0, 0.05) is 0 Å². The number of carbonyl (C=O) groups is 2. The minimum atomic E-state index is -1.68. The summed E-state index contributed by atoms with van der Waals surface area (Å²) in [5, 5.41) is -1.05. The molecule has 2 aromatic rings. The third-order valence-corrected chi connectivity index (χ3v) is 4.66. The molecule has 1 saturated heterocycles. The van der Waals surface area contributed by atoms with Crippen LogP contribution in [0.1, 0.15) is 26.3 Å². The van der Waals surface area contributed by atoms with Gasteiger partial charge in [-0.3, -0.25) is 0 Å². The Morgan fingerprint density at radius 1 is 1.00 bits per heavy atom. The van der Waals surface area contributed by atoms with Gasteiger partial charge in [-0.15, -0.1) is 0 Å². The van der Waals surface area contributed by atoms with E-state index in [9.17, 15) is 14.0 Å². The fourth-order valence-corrected chi connectivity index (χ4v) is 3.05. The standard InChI is InChI=1S/C19H16BrFO5/c1-11-7-5-6-10-13(11)18(23)26-19-15(14(21)16(20)25-19)24-17(22)12-8-3-2-4-9-12/h2-10,14-16,19H,1H3/t14-,15-,16-,19-/m0/s1. The van der Waals surface area contributed by atoms with Crippen LogP contribution in [0.4, 0.5) is 4.39 Å². The summed E-state index contributed by atoms with van der Waals surface area (Å²) in [6, 6.07) is 15.0. The second-order valence-corrected chi connectivity index (χ2v) is 6.66. The molecular weight excluding hydrogens is 407 g/mol. The fourth-order valence-electron chi connectivity index (χ4n) is 2.53. The Bertz CT molecular complexity index is 798. The van der Waals surface area contributed by atoms with Crippen molar-refractivity contribution in [3.8, 4) is 0 Å². The largest absolute Gasteiger partial charge is 0.449 e. The van der Waals surface area contributed by atoms with Crippen molar-refractivity contribution in [2.24, 2.45) is 0 Å². The molecule has 4 atom stereocenters. The van der Waals surface area contributed by atoms with Crippen LogP contribution in [0.5, 0.6) is 0 Å². The van der Waals surface area contributed by atoms with Gasteiger partial charge in [0.15, 0.2) is 17.3 Å². The monoisotopic (exact) mass is 422 g/mol. The van der Waals surface area contributed by atoms with E-state index >= 15 is 0 Å². The van der Waals surface area contributed by atoms with Gasteiger partial charge in [-0.2, -0.15) is 0 Å². The van der Waals surface area contributed by atoms with Crippen molar-refractivity contribution in [3.05, 3.63) is 71.3 Å². The summed E-state index contributed by atoms with van der Waals surface area (Å²) in [5.74, 6) is -1.40. The maximum atomic E-state index is 14.4. The Morgan fingerprint density at radius 2 is 1.65 bits per heavy atom. The molecule has 136 valence electrons. The van der Waals surface area contributed by atoms with Gasteiger partial charge in [0.2, 0.25) is 6.29 Å². The SMILES string of the molecule is Cc1ccccc1C(=O)O[C@@H]1O[C@H](Br)[C@@H](F)[C@@H]1OC(=O)c1ccccc1. The maximum Gasteiger partial charge on any atom is 0.340 e. The molecule has 0 amide bonds. The molecule has 0 unspecified atom stereocenters. The molecule has 2 aromatic carbocycles. The highest BCUT2D eigenvalue weighted by Gasteiger charge is 2.49. The van der Waals surface area contributed by atoms with E-state index in [0.29, 0.717) is 11.1 Å². The van der Waals surface area contributed by atoms with Gasteiger partial charge in [0.1, 0.15) is 0 Å². The molecule has 0 saturated carbocycles. The van der Waals surface area contributed by atoms with Crippen LogP contribution in [-0.2, 0) is 14.2 Å². The number of hydrogen-bond donors (Lipinski definition) is 0. The topological polar surface area (TPSA) is 61.8 Å². The van der Waals surface area contributed by atoms with Crippen LogP contribution in [0.15, 0.2) is 54.6 Å². The Morgan fingerprint density at radius 3 is 2.35 bits per heavy atom. The average molecular weight is 423 g/mol. The van der Waals surface area contributed by atoms with Crippen LogP contribution in [-0.4, -0.2) is 35.5 Å². The zero-order chi connectivity index (χ0) is 18.7. The van der Waals surface area contributed by atoms with Crippen LogP contribution in [0.25, 0.3) is 0 Å². The lowest BCUT2D eigenvalue weighted by molar-refractivity contribution is -0.126. The Hall–Kier alpha value is -2.25. The predicted octanol–water partition coefficient (Wildman–Crippen LogP) is 3.79. The van der Waals surface area contributed by atoms with Crippen LogP contribution >= 0.6 is 15.9 Å². The predicted molar refractivity (Wildman–Crippen MR) is 94.7 cm³/mol. The van der Waals surface area contributed by atoms with Gasteiger partial charge in [-0.25, -0.2) is 14.0 Å². The van der Waals surface area contributed by atoms with Crippen LogP contribution < -0.4 is 0 Å². The molecule has 0 aliphatic carbocycles. The fraction of sp³-hybridized carbons (Fsp3) is 0.263. The minimum absolute atomic E-state index is 0.265. The summed E-state index contributed by atoms with van der Waals surface area (Å²) in [7, 11) is 0. The molecule has 26 heavy (non-hydrogen) atoms. The van der Waals surface area contributed by atoms with Crippen molar-refractivity contribution in [3.63, 3.8) is 0 Å². The smallest absolute Gasteiger partial charge is 0.340 e. The van der Waals surface area contributed by atoms with Gasteiger partial charge in [0.05, 0.1) is 11.1 Å². The molecule has 0 bridgehead atoms. The van der Waals surface area contributed by atoms with Crippen LogP contribution in [0.2, 0.25) is 0 Å². The number of esters is 2. The maximum absolute atomic E-state index is 14.4. The van der Waals surface area contributed by atoms with E-state index < -0.39 is 35.5 Å². The molecule has 1 fully saturated rings. The molecule has 1 aliphatic rings. The Labute approximate surface area is 158 Å². The number of carbonyl (C=O) groups excluding carboxylic acids is 2. The van der Waals surface area contributed by atoms with Crippen LogP contribution in [0.3, 0.4) is 0 Å². The van der Waals surface area contributed by atoms with Crippen molar-refractivity contribution in [2.75, 3.05) is 0 Å². The normalized spacial score (nSPS) is 24.9. The highest BCUT2D eigenvalue weighted by molar-refractivity contribution is 9.09. The molecule has 0 radical (unpaired) electrons. The van der Waals surface area contributed by atoms with Gasteiger partial charge < -0.3 is 14.2 Å². The summed E-state index contributed by atoms with van der Waals surface area (Å²) in [6.45, 7) is 1.75. The van der Waals surface area contributed by atoms with Gasteiger partial charge in [-0.05, 0) is 30.7 Å². The lowest BCUT2D eigenvalue weighted by Crippen LogP contribution is -2.36. The van der Waals surface area contributed by atoms with Crippen molar-refractivity contribution in [1.29, 1.82) is 0 Å². The summed E-state index contributed by atoms with van der Waals surface area (Å²) < 4.78 is 30.1. The first-order valence-electron chi connectivity index (χ1n) is 7.93. The number of hydrogen-bond acceptors (Lipinski definition) is 5. The second-order valence-electron chi connectivity index (χ2n) is 5.76. The number of benzene rings is 2. The summed E-state index contributed by atoms with van der Waals surface area (Å²) in [5.41, 5.74) is 1.31. The lowest BCUT2D eigenvalue weighted by atomic mass is 10.1. The Kier molecular flexibility index (Phi) is 5.68. The molecule has 0 spiro atoms. The van der Waals surface area contributed by atoms with E-state index in [1.165, 1.54) is 0 Å². The van der Waals surface area contributed by atoms with Gasteiger partial charge in [-0.1, -0.05) is 52.3 Å². The number of rotatable bonds is 4. The first-order valence-corrected chi connectivity index (χ1v) is 8.85. The molecular formula is C19H16BrFO5. The highest BCUT2D eigenvalue weighted by Crippen LogP contribution is 2.32. The van der Waals surface area contributed by atoms with Crippen molar-refractivity contribution < 1.29 is 28.2 Å². The highest BCUT2D eigenvalue weighted by atomic mass is 79.9. The zero-order valence-corrected chi connectivity index (χ0v) is 15.4. The molecule has 0 N–H and O–H groups in total. The number of aryl methyl sites for hydroxylation is 1. The first-order chi connectivity index (χ1) is 12.5. The first kappa shape index (κ1) is 18.5. The summed E-state index contributed by atoms with van der Waals surface area (Å²) in [6.07, 6.45) is -4.41. The number of alkyl halides is 2. The van der Waals surface area contributed by atoms with E-state index in [1.807, 2.05) is 0 Å². The summed E-state index contributed by atoms with van der Waals surface area (Å²) >= 11 is 3.01. The average Bonchev–Trinajstić information content (AvgIpc) is 2.90. The lowest BCUT2D eigenvalue weighted by Gasteiger charge is -2.20. The molecule has 1 aliphatic heterocycles. The molecule has 5 nitrogen and oxygen atoms in total. The van der Waals surface area contributed by atoms with Gasteiger partial charge >= 0.3 is 11.9 Å². The van der Waals surface area contributed by atoms with Crippen molar-refractivity contribution >= 4 is 27.9 Å². The number of ether oxygens (including phenoxy) is 3. The third-order valence-electron chi connectivity index (χ3n) is 3.94. The van der Waals surface area contributed by atoms with E-state index in [-0.39, 0.29) is 5.56 Å². The van der Waals surface area contributed by atoms with Gasteiger partial charge in [0.25, 0.3) is 0 Å². The molecule has 7 heteroatoms. The quantitative estimate of drug-likeness (QED) is 0.553. The molecule has 0 aromatic heterocycles. The molecule has 1 heterocycles. The Balaban J connectivity index is 1.74. The summed E-state index contributed by atoms with van der Waals surface area (Å²) in [4.78, 5) is 24.6. The number of halogens is 2.